The van der Waals surface area contributed by atoms with E-state index in [1.54, 1.807) is 27.7 Å². The summed E-state index contributed by atoms with van der Waals surface area (Å²) in [5.74, 6) is -0.0640. The van der Waals surface area contributed by atoms with Crippen molar-refractivity contribution in [3.8, 4) is 0 Å². The van der Waals surface area contributed by atoms with E-state index in [1.165, 1.54) is 0 Å². The van der Waals surface area contributed by atoms with Crippen LogP contribution >= 0.6 is 0 Å². The summed E-state index contributed by atoms with van der Waals surface area (Å²) in [6.07, 6.45) is -0.557. The minimum Gasteiger partial charge on any atom is -0.444 e. The molecule has 0 heterocycles. The van der Waals surface area contributed by atoms with Gasteiger partial charge in [0.2, 0.25) is 0 Å². The Morgan fingerprint density at radius 1 is 1.31 bits per heavy atom. The number of ether oxygens (including phenoxy) is 1. The number of nitrogens with one attached hydrogen (secondary N) is 2. The standard InChI is InChI=1S/C11H23N3O2/c1-7(2)11(6,8(12)13)14-9(15)16-10(3,4)5/h7H,1-6H3,(H3,12,13)(H,14,15). The number of amides is 1. The van der Waals surface area contributed by atoms with Crippen LogP contribution in [0.15, 0.2) is 0 Å². The lowest BCUT2D eigenvalue weighted by molar-refractivity contribution is 0.0472. The number of carbonyl (C=O) groups is 1. The van der Waals surface area contributed by atoms with Crippen LogP contribution in [0.4, 0.5) is 4.79 Å². The van der Waals surface area contributed by atoms with Gasteiger partial charge in [0, 0.05) is 0 Å². The van der Waals surface area contributed by atoms with Crippen LogP contribution in [0.2, 0.25) is 0 Å². The van der Waals surface area contributed by atoms with Gasteiger partial charge >= 0.3 is 6.09 Å². The second-order valence-electron chi connectivity index (χ2n) is 5.40. The van der Waals surface area contributed by atoms with E-state index in [2.05, 4.69) is 5.32 Å². The number of nitrogens with two attached hydrogens (primary N) is 1. The monoisotopic (exact) mass is 229 g/mol. The molecule has 94 valence electrons. The van der Waals surface area contributed by atoms with Crippen LogP contribution in [0, 0.1) is 11.3 Å². The van der Waals surface area contributed by atoms with E-state index >= 15 is 0 Å². The lowest BCUT2D eigenvalue weighted by Crippen LogP contribution is -2.59. The second kappa shape index (κ2) is 4.72. The Morgan fingerprint density at radius 2 is 1.75 bits per heavy atom. The van der Waals surface area contributed by atoms with Gasteiger partial charge in [-0.25, -0.2) is 4.79 Å². The molecular formula is C11H23N3O2. The molecule has 0 saturated carbocycles. The van der Waals surface area contributed by atoms with Crippen molar-refractivity contribution in [3.05, 3.63) is 0 Å². The zero-order chi connectivity index (χ0) is 13.1. The van der Waals surface area contributed by atoms with Crippen molar-refractivity contribution in [2.75, 3.05) is 0 Å². The van der Waals surface area contributed by atoms with E-state index in [0.29, 0.717) is 0 Å². The zero-order valence-electron chi connectivity index (χ0n) is 11.0. The molecule has 16 heavy (non-hydrogen) atoms. The Labute approximate surface area is 97.2 Å². The maximum atomic E-state index is 11.6. The first kappa shape index (κ1) is 14.7. The number of amidine groups is 1. The summed E-state index contributed by atoms with van der Waals surface area (Å²) < 4.78 is 5.13. The van der Waals surface area contributed by atoms with Gasteiger partial charge in [0.15, 0.2) is 0 Å². The molecule has 4 N–H and O–H groups in total. The summed E-state index contributed by atoms with van der Waals surface area (Å²) in [4.78, 5) is 11.6. The predicted molar refractivity (Wildman–Crippen MR) is 64.5 cm³/mol. The van der Waals surface area contributed by atoms with Gasteiger partial charge < -0.3 is 15.8 Å². The summed E-state index contributed by atoms with van der Waals surface area (Å²) in [7, 11) is 0. The van der Waals surface area contributed by atoms with Gasteiger partial charge in [0.05, 0.1) is 5.54 Å². The SMILES string of the molecule is CC(C)C(C)(NC(=O)OC(C)(C)C)C(=N)N. The largest absolute Gasteiger partial charge is 0.444 e. The van der Waals surface area contributed by atoms with Gasteiger partial charge in [-0.3, -0.25) is 5.41 Å². The van der Waals surface area contributed by atoms with Gasteiger partial charge in [-0.15, -0.1) is 0 Å². The van der Waals surface area contributed by atoms with E-state index in [1.807, 2.05) is 13.8 Å². The van der Waals surface area contributed by atoms with E-state index < -0.39 is 17.2 Å². The average molecular weight is 229 g/mol. The second-order valence-corrected chi connectivity index (χ2v) is 5.40. The van der Waals surface area contributed by atoms with Crippen molar-refractivity contribution < 1.29 is 9.53 Å². The molecule has 0 radical (unpaired) electrons. The minimum atomic E-state index is -0.873. The fourth-order valence-electron chi connectivity index (χ4n) is 1.04. The molecule has 1 unspecified atom stereocenters. The molecule has 0 aliphatic carbocycles. The van der Waals surface area contributed by atoms with Gasteiger partial charge in [0.1, 0.15) is 11.4 Å². The topological polar surface area (TPSA) is 88.2 Å². The first-order valence-electron chi connectivity index (χ1n) is 5.34. The Balaban J connectivity index is 4.68. The van der Waals surface area contributed by atoms with Gasteiger partial charge in [-0.2, -0.15) is 0 Å². The molecule has 0 saturated heterocycles. The van der Waals surface area contributed by atoms with E-state index in [4.69, 9.17) is 15.9 Å². The molecule has 0 spiro atoms. The molecule has 0 rings (SSSR count). The molecule has 0 aliphatic heterocycles. The van der Waals surface area contributed by atoms with Crippen molar-refractivity contribution in [3.63, 3.8) is 0 Å². The molecular weight excluding hydrogens is 206 g/mol. The lowest BCUT2D eigenvalue weighted by Gasteiger charge is -2.34. The summed E-state index contributed by atoms with van der Waals surface area (Å²) in [5, 5.41) is 10.1. The molecule has 0 aromatic rings. The highest BCUT2D eigenvalue weighted by atomic mass is 16.6. The first-order valence-corrected chi connectivity index (χ1v) is 5.34. The highest BCUT2D eigenvalue weighted by molar-refractivity contribution is 5.90. The summed E-state index contributed by atoms with van der Waals surface area (Å²) in [6, 6.07) is 0. The minimum absolute atomic E-state index is 0.0116. The molecule has 1 atom stereocenters. The van der Waals surface area contributed by atoms with Crippen LogP contribution in [-0.2, 0) is 4.74 Å². The summed E-state index contributed by atoms with van der Waals surface area (Å²) in [5.41, 5.74) is 4.07. The van der Waals surface area contributed by atoms with Crippen LogP contribution in [-0.4, -0.2) is 23.1 Å². The normalized spacial score (nSPS) is 15.4. The molecule has 0 bridgehead atoms. The van der Waals surface area contributed by atoms with Crippen LogP contribution in [0.1, 0.15) is 41.5 Å². The van der Waals surface area contributed by atoms with Crippen molar-refractivity contribution in [1.82, 2.24) is 5.32 Å². The third-order valence-corrected chi connectivity index (χ3v) is 2.47. The zero-order valence-corrected chi connectivity index (χ0v) is 11.0. The van der Waals surface area contributed by atoms with Crippen LogP contribution < -0.4 is 11.1 Å². The molecule has 0 fully saturated rings. The van der Waals surface area contributed by atoms with Crippen molar-refractivity contribution in [2.24, 2.45) is 11.7 Å². The number of carbonyl (C=O) groups excluding carboxylic acids is 1. The molecule has 5 heteroatoms. The first-order chi connectivity index (χ1) is 6.99. The van der Waals surface area contributed by atoms with E-state index in [9.17, 15) is 4.79 Å². The van der Waals surface area contributed by atoms with Gasteiger partial charge in [0.25, 0.3) is 0 Å². The van der Waals surface area contributed by atoms with E-state index in [0.717, 1.165) is 0 Å². The fraction of sp³-hybridized carbons (Fsp3) is 0.818. The number of hydrogen-bond acceptors (Lipinski definition) is 3. The third-order valence-electron chi connectivity index (χ3n) is 2.47. The summed E-state index contributed by atoms with van der Waals surface area (Å²) in [6.45, 7) is 10.8. The maximum absolute atomic E-state index is 11.6. The van der Waals surface area contributed by atoms with Crippen molar-refractivity contribution in [1.29, 1.82) is 5.41 Å². The molecule has 5 nitrogen and oxygen atoms in total. The quantitative estimate of drug-likeness (QED) is 0.510. The lowest BCUT2D eigenvalue weighted by atomic mass is 9.87. The van der Waals surface area contributed by atoms with Crippen molar-refractivity contribution >= 4 is 11.9 Å². The number of hydrogen-bond donors (Lipinski definition) is 3. The van der Waals surface area contributed by atoms with Gasteiger partial charge in [-0.05, 0) is 33.6 Å². The number of rotatable bonds is 3. The smallest absolute Gasteiger partial charge is 0.408 e. The molecule has 0 aromatic carbocycles. The highest BCUT2D eigenvalue weighted by Gasteiger charge is 2.35. The van der Waals surface area contributed by atoms with Gasteiger partial charge in [-0.1, -0.05) is 13.8 Å². The van der Waals surface area contributed by atoms with Crippen LogP contribution in [0.3, 0.4) is 0 Å². The van der Waals surface area contributed by atoms with Crippen molar-refractivity contribution in [2.45, 2.75) is 52.7 Å². The van der Waals surface area contributed by atoms with E-state index in [-0.39, 0.29) is 11.8 Å². The van der Waals surface area contributed by atoms with Crippen LogP contribution in [0.5, 0.6) is 0 Å². The Bertz CT molecular complexity index is 281. The highest BCUT2D eigenvalue weighted by Crippen LogP contribution is 2.17. The average Bonchev–Trinajstić information content (AvgIpc) is 1.98. The molecule has 0 aromatic heterocycles. The number of alkyl carbamates (subject to hydrolysis) is 1. The molecule has 1 amide bonds. The van der Waals surface area contributed by atoms with Crippen LogP contribution in [0.25, 0.3) is 0 Å². The summed E-state index contributed by atoms with van der Waals surface area (Å²) >= 11 is 0. The fourth-order valence-corrected chi connectivity index (χ4v) is 1.04. The Kier molecular flexibility index (Phi) is 4.35. The maximum Gasteiger partial charge on any atom is 0.408 e. The Hall–Kier alpha value is -1.26. The molecule has 0 aliphatic rings. The third kappa shape index (κ3) is 4.08. The predicted octanol–water partition coefficient (Wildman–Crippen LogP) is 1.86. The Morgan fingerprint density at radius 3 is 2.00 bits per heavy atom.